The molecule has 0 aliphatic carbocycles. The average molecular weight is 383 g/mol. The Bertz CT molecular complexity index is 883. The third kappa shape index (κ3) is 4.79. The summed E-state index contributed by atoms with van der Waals surface area (Å²) in [5, 5.41) is 6.87. The van der Waals surface area contributed by atoms with E-state index in [1.807, 2.05) is 30.3 Å². The topological polar surface area (TPSA) is 112 Å². The van der Waals surface area contributed by atoms with Crippen LogP contribution in [-0.4, -0.2) is 37.3 Å². The summed E-state index contributed by atoms with van der Waals surface area (Å²) in [6, 6.07) is 14.7. The maximum Gasteiger partial charge on any atom is 0.264 e. The maximum atomic E-state index is 12.3. The van der Waals surface area contributed by atoms with Crippen LogP contribution in [0.4, 0.5) is 0 Å². The van der Waals surface area contributed by atoms with Gasteiger partial charge in [-0.25, -0.2) is 0 Å². The summed E-state index contributed by atoms with van der Waals surface area (Å²) in [4.78, 5) is 28.5. The van der Waals surface area contributed by atoms with Gasteiger partial charge in [-0.15, -0.1) is 0 Å². The van der Waals surface area contributed by atoms with Gasteiger partial charge in [-0.05, 0) is 23.8 Å². The average Bonchev–Trinajstić information content (AvgIpc) is 3.21. The SMILES string of the molecule is COc1cc(C2=NOC(C(=O)NCc3ccccc3)C2)ccc1OCC(N)=O. The number of primary amides is 1. The molecule has 3 N–H and O–H groups in total. The first-order valence-electron chi connectivity index (χ1n) is 8.70. The Kier molecular flexibility index (Phi) is 6.11. The van der Waals surface area contributed by atoms with Crippen LogP contribution in [0.5, 0.6) is 11.5 Å². The predicted octanol–water partition coefficient (Wildman–Crippen LogP) is 1.37. The molecule has 0 spiro atoms. The van der Waals surface area contributed by atoms with Crippen LogP contribution in [0.2, 0.25) is 0 Å². The number of amides is 2. The van der Waals surface area contributed by atoms with Gasteiger partial charge in [0.15, 0.2) is 18.1 Å². The molecule has 2 amide bonds. The van der Waals surface area contributed by atoms with E-state index < -0.39 is 12.0 Å². The van der Waals surface area contributed by atoms with Crippen LogP contribution in [-0.2, 0) is 21.0 Å². The van der Waals surface area contributed by atoms with Crippen molar-refractivity contribution < 1.29 is 23.9 Å². The second-order valence-corrected chi connectivity index (χ2v) is 6.16. The maximum absolute atomic E-state index is 12.3. The number of nitrogens with two attached hydrogens (primary N) is 1. The predicted molar refractivity (Wildman–Crippen MR) is 102 cm³/mol. The fourth-order valence-corrected chi connectivity index (χ4v) is 2.70. The number of oxime groups is 1. The van der Waals surface area contributed by atoms with Crippen LogP contribution in [0, 0.1) is 0 Å². The van der Waals surface area contributed by atoms with E-state index in [-0.39, 0.29) is 12.5 Å². The number of nitrogens with one attached hydrogen (secondary N) is 1. The minimum Gasteiger partial charge on any atom is -0.493 e. The Morgan fingerprint density at radius 2 is 2.00 bits per heavy atom. The second kappa shape index (κ2) is 8.90. The van der Waals surface area contributed by atoms with Crippen LogP contribution in [0.25, 0.3) is 0 Å². The molecule has 1 atom stereocenters. The van der Waals surface area contributed by atoms with Gasteiger partial charge in [0.2, 0.25) is 6.10 Å². The standard InChI is InChI=1S/C20H21N3O5/c1-26-17-9-14(7-8-16(17)27-12-19(21)24)15-10-18(28-23-15)20(25)22-11-13-5-3-2-4-6-13/h2-9,18H,10-12H2,1H3,(H2,21,24)(H,22,25). The first-order chi connectivity index (χ1) is 13.6. The van der Waals surface area contributed by atoms with Gasteiger partial charge >= 0.3 is 0 Å². The normalized spacial score (nSPS) is 15.3. The fourth-order valence-electron chi connectivity index (χ4n) is 2.70. The summed E-state index contributed by atoms with van der Waals surface area (Å²) in [5.41, 5.74) is 7.46. The van der Waals surface area contributed by atoms with Crippen LogP contribution in [0.1, 0.15) is 17.5 Å². The van der Waals surface area contributed by atoms with Crippen LogP contribution in [0.3, 0.4) is 0 Å². The van der Waals surface area contributed by atoms with E-state index in [0.29, 0.717) is 30.2 Å². The van der Waals surface area contributed by atoms with Crippen molar-refractivity contribution in [1.82, 2.24) is 5.32 Å². The van der Waals surface area contributed by atoms with E-state index in [4.69, 9.17) is 20.0 Å². The number of hydrogen-bond donors (Lipinski definition) is 2. The lowest BCUT2D eigenvalue weighted by molar-refractivity contribution is -0.131. The van der Waals surface area contributed by atoms with Gasteiger partial charge in [0.1, 0.15) is 0 Å². The van der Waals surface area contributed by atoms with E-state index >= 15 is 0 Å². The highest BCUT2D eigenvalue weighted by Crippen LogP contribution is 2.30. The zero-order valence-corrected chi connectivity index (χ0v) is 15.4. The number of nitrogens with zero attached hydrogens (tertiary/aromatic N) is 1. The molecule has 0 saturated heterocycles. The molecule has 0 saturated carbocycles. The Balaban J connectivity index is 1.59. The molecule has 1 aliphatic heterocycles. The van der Waals surface area contributed by atoms with Gasteiger partial charge in [0, 0.05) is 18.5 Å². The van der Waals surface area contributed by atoms with Crippen LogP contribution >= 0.6 is 0 Å². The molecule has 2 aromatic rings. The molecule has 1 aliphatic rings. The van der Waals surface area contributed by atoms with E-state index in [0.717, 1.165) is 11.1 Å². The van der Waals surface area contributed by atoms with Crippen molar-refractivity contribution in [3.05, 3.63) is 59.7 Å². The molecular formula is C20H21N3O5. The number of rotatable bonds is 8. The Morgan fingerprint density at radius 3 is 2.71 bits per heavy atom. The van der Waals surface area contributed by atoms with Crippen molar-refractivity contribution in [3.63, 3.8) is 0 Å². The number of ether oxygens (including phenoxy) is 2. The first-order valence-corrected chi connectivity index (χ1v) is 8.70. The quantitative estimate of drug-likeness (QED) is 0.715. The molecule has 28 heavy (non-hydrogen) atoms. The zero-order valence-electron chi connectivity index (χ0n) is 15.4. The highest BCUT2D eigenvalue weighted by Gasteiger charge is 2.29. The molecule has 1 heterocycles. The molecule has 8 nitrogen and oxygen atoms in total. The highest BCUT2D eigenvalue weighted by molar-refractivity contribution is 6.04. The summed E-state index contributed by atoms with van der Waals surface area (Å²) >= 11 is 0. The molecule has 0 bridgehead atoms. The van der Waals surface area contributed by atoms with Crippen LogP contribution < -0.4 is 20.5 Å². The second-order valence-electron chi connectivity index (χ2n) is 6.16. The number of methoxy groups -OCH3 is 1. The van der Waals surface area contributed by atoms with Crippen molar-refractivity contribution in [2.75, 3.05) is 13.7 Å². The van der Waals surface area contributed by atoms with Gasteiger partial charge in [-0.2, -0.15) is 0 Å². The van der Waals surface area contributed by atoms with E-state index in [2.05, 4.69) is 10.5 Å². The van der Waals surface area contributed by atoms with Crippen molar-refractivity contribution in [1.29, 1.82) is 0 Å². The Labute approximate surface area is 162 Å². The highest BCUT2D eigenvalue weighted by atomic mass is 16.6. The molecule has 8 heteroatoms. The molecule has 3 rings (SSSR count). The van der Waals surface area contributed by atoms with Crippen molar-refractivity contribution >= 4 is 17.5 Å². The summed E-state index contributed by atoms with van der Waals surface area (Å²) in [6.07, 6.45) is -0.346. The third-order valence-corrected chi connectivity index (χ3v) is 4.14. The van der Waals surface area contributed by atoms with E-state index in [9.17, 15) is 9.59 Å². The lowest BCUT2D eigenvalue weighted by Crippen LogP contribution is -2.34. The molecule has 1 unspecified atom stereocenters. The summed E-state index contributed by atoms with van der Waals surface area (Å²) < 4.78 is 10.6. The Morgan fingerprint density at radius 1 is 1.21 bits per heavy atom. The van der Waals surface area contributed by atoms with Gasteiger partial charge in [-0.1, -0.05) is 35.5 Å². The van der Waals surface area contributed by atoms with Crippen molar-refractivity contribution in [2.24, 2.45) is 10.9 Å². The minimum atomic E-state index is -0.685. The number of carbonyl (C=O) groups excluding carboxylic acids is 2. The molecular weight excluding hydrogens is 362 g/mol. The molecule has 146 valence electrons. The van der Waals surface area contributed by atoms with Gasteiger partial charge < -0.3 is 25.4 Å². The monoisotopic (exact) mass is 383 g/mol. The summed E-state index contributed by atoms with van der Waals surface area (Å²) in [5.74, 6) is 0.0141. The lowest BCUT2D eigenvalue weighted by Gasteiger charge is -2.11. The van der Waals surface area contributed by atoms with Crippen molar-refractivity contribution in [2.45, 2.75) is 19.1 Å². The molecule has 0 fully saturated rings. The van der Waals surface area contributed by atoms with Crippen LogP contribution in [0.15, 0.2) is 53.7 Å². The molecule has 0 aromatic heterocycles. The third-order valence-electron chi connectivity index (χ3n) is 4.14. The van der Waals surface area contributed by atoms with Crippen molar-refractivity contribution in [3.8, 4) is 11.5 Å². The largest absolute Gasteiger partial charge is 0.493 e. The van der Waals surface area contributed by atoms with Gasteiger partial charge in [0.25, 0.3) is 11.8 Å². The van der Waals surface area contributed by atoms with Gasteiger partial charge in [-0.3, -0.25) is 9.59 Å². The summed E-state index contributed by atoms with van der Waals surface area (Å²) in [7, 11) is 1.49. The minimum absolute atomic E-state index is 0.226. The van der Waals surface area contributed by atoms with E-state index in [1.54, 1.807) is 18.2 Å². The lowest BCUT2D eigenvalue weighted by atomic mass is 10.0. The molecule has 0 radical (unpaired) electrons. The number of carbonyl (C=O) groups is 2. The first kappa shape index (κ1) is 19.2. The number of benzene rings is 2. The smallest absolute Gasteiger partial charge is 0.264 e. The Hall–Kier alpha value is -3.55. The van der Waals surface area contributed by atoms with Gasteiger partial charge in [0.05, 0.1) is 12.8 Å². The zero-order chi connectivity index (χ0) is 19.9. The number of hydrogen-bond acceptors (Lipinski definition) is 6. The fraction of sp³-hybridized carbons (Fsp3) is 0.250. The molecule has 2 aromatic carbocycles. The van der Waals surface area contributed by atoms with E-state index in [1.165, 1.54) is 7.11 Å². The summed E-state index contributed by atoms with van der Waals surface area (Å²) in [6.45, 7) is 0.179.